The van der Waals surface area contributed by atoms with E-state index in [2.05, 4.69) is 0 Å². The van der Waals surface area contributed by atoms with Gasteiger partial charge in [0, 0.05) is 0 Å². The minimum atomic E-state index is -3.71. The Morgan fingerprint density at radius 1 is 1.00 bits per heavy atom. The number of hydrogen-bond acceptors (Lipinski definition) is 3. The summed E-state index contributed by atoms with van der Waals surface area (Å²) in [5.41, 5.74) is 1.92. The first-order chi connectivity index (χ1) is 11.0. The van der Waals surface area contributed by atoms with Gasteiger partial charge in [-0.2, -0.15) is 4.31 Å². The molecule has 2 aromatic carbocycles. The highest BCUT2D eigenvalue weighted by Crippen LogP contribution is 2.39. The molecule has 4 nitrogen and oxygen atoms in total. The molecule has 1 fully saturated rings. The van der Waals surface area contributed by atoms with E-state index in [4.69, 9.17) is 0 Å². The van der Waals surface area contributed by atoms with E-state index in [1.807, 2.05) is 37.3 Å². The maximum absolute atomic E-state index is 13.1. The third-order valence-corrected chi connectivity index (χ3v) is 6.26. The first kappa shape index (κ1) is 15.9. The molecule has 0 amide bonds. The Kier molecular flexibility index (Phi) is 4.33. The molecule has 2 atom stereocenters. The Morgan fingerprint density at radius 3 is 2.26 bits per heavy atom. The fraction of sp³-hybridized carbons (Fsp3) is 0.278. The Morgan fingerprint density at radius 2 is 1.65 bits per heavy atom. The van der Waals surface area contributed by atoms with E-state index in [0.717, 1.165) is 17.4 Å². The van der Waals surface area contributed by atoms with Gasteiger partial charge < -0.3 is 4.79 Å². The molecule has 3 rings (SSSR count). The van der Waals surface area contributed by atoms with Crippen molar-refractivity contribution in [2.75, 3.05) is 0 Å². The summed E-state index contributed by atoms with van der Waals surface area (Å²) in [6.45, 7) is 1.91. The highest BCUT2D eigenvalue weighted by atomic mass is 32.2. The van der Waals surface area contributed by atoms with Crippen molar-refractivity contribution in [3.63, 3.8) is 0 Å². The molecule has 23 heavy (non-hydrogen) atoms. The number of carbonyl (C=O) groups excluding carboxylic acids is 1. The molecule has 2 unspecified atom stereocenters. The molecule has 0 aliphatic carbocycles. The van der Waals surface area contributed by atoms with Crippen molar-refractivity contribution < 1.29 is 13.2 Å². The van der Waals surface area contributed by atoms with Gasteiger partial charge in [0.25, 0.3) is 0 Å². The van der Waals surface area contributed by atoms with Crippen molar-refractivity contribution in [1.82, 2.24) is 4.31 Å². The van der Waals surface area contributed by atoms with Gasteiger partial charge in [-0.15, -0.1) is 0 Å². The topological polar surface area (TPSA) is 54.5 Å². The first-order valence-electron chi connectivity index (χ1n) is 7.64. The predicted octanol–water partition coefficient (Wildman–Crippen LogP) is 3.09. The van der Waals surface area contributed by atoms with Crippen LogP contribution in [0.4, 0.5) is 0 Å². The van der Waals surface area contributed by atoms with Gasteiger partial charge >= 0.3 is 0 Å². The van der Waals surface area contributed by atoms with E-state index in [9.17, 15) is 13.2 Å². The first-order valence-corrected chi connectivity index (χ1v) is 9.08. The van der Waals surface area contributed by atoms with Crippen molar-refractivity contribution in [1.29, 1.82) is 0 Å². The summed E-state index contributed by atoms with van der Waals surface area (Å²) < 4.78 is 27.5. The lowest BCUT2D eigenvalue weighted by atomic mass is 10.1. The third-order valence-electron chi connectivity index (χ3n) is 4.31. The van der Waals surface area contributed by atoms with Crippen molar-refractivity contribution in [3.8, 4) is 0 Å². The molecular weight excluding hydrogens is 310 g/mol. The molecule has 120 valence electrons. The lowest BCUT2D eigenvalue weighted by Crippen LogP contribution is -2.38. The number of sulfonamides is 1. The lowest BCUT2D eigenvalue weighted by Gasteiger charge is -2.27. The van der Waals surface area contributed by atoms with E-state index >= 15 is 0 Å². The van der Waals surface area contributed by atoms with Gasteiger partial charge in [-0.05, 0) is 37.5 Å². The average Bonchev–Trinajstić information content (AvgIpc) is 3.01. The number of hydrogen-bond donors (Lipinski definition) is 0. The second-order valence-corrected chi connectivity index (χ2v) is 7.70. The molecule has 1 aliphatic rings. The second kappa shape index (κ2) is 6.26. The molecule has 0 N–H and O–H groups in total. The van der Waals surface area contributed by atoms with Crippen LogP contribution in [0.25, 0.3) is 0 Å². The Bertz CT molecular complexity index is 785. The van der Waals surface area contributed by atoms with Crippen molar-refractivity contribution in [2.24, 2.45) is 0 Å². The zero-order valence-corrected chi connectivity index (χ0v) is 13.7. The van der Waals surface area contributed by atoms with Gasteiger partial charge in [0.1, 0.15) is 6.29 Å². The van der Waals surface area contributed by atoms with Gasteiger partial charge in [-0.1, -0.05) is 48.0 Å². The highest BCUT2D eigenvalue weighted by molar-refractivity contribution is 7.89. The summed E-state index contributed by atoms with van der Waals surface area (Å²) in [4.78, 5) is 11.7. The van der Waals surface area contributed by atoms with Crippen LogP contribution in [0.5, 0.6) is 0 Å². The molecule has 0 spiro atoms. The van der Waals surface area contributed by atoms with E-state index in [0.29, 0.717) is 12.8 Å². The van der Waals surface area contributed by atoms with Gasteiger partial charge in [0.15, 0.2) is 0 Å². The maximum atomic E-state index is 13.1. The van der Waals surface area contributed by atoms with Crippen LogP contribution in [-0.2, 0) is 14.8 Å². The van der Waals surface area contributed by atoms with Crippen LogP contribution in [0, 0.1) is 6.92 Å². The number of benzene rings is 2. The van der Waals surface area contributed by atoms with Crippen molar-refractivity contribution in [3.05, 3.63) is 65.7 Å². The standard InChI is InChI=1S/C18H19NO3S/c1-14-7-10-17(11-8-14)23(21,22)19-16(13-20)9-12-18(19)15-5-3-2-4-6-15/h2-8,10-11,13,16,18H,9,12H2,1H3. The molecule has 1 heterocycles. The van der Waals surface area contributed by atoms with Gasteiger partial charge in [-0.25, -0.2) is 8.42 Å². The lowest BCUT2D eigenvalue weighted by molar-refractivity contribution is -0.110. The van der Waals surface area contributed by atoms with Crippen LogP contribution in [0.15, 0.2) is 59.5 Å². The highest BCUT2D eigenvalue weighted by Gasteiger charge is 2.42. The third kappa shape index (κ3) is 2.94. The van der Waals surface area contributed by atoms with Crippen molar-refractivity contribution in [2.45, 2.75) is 36.7 Å². The van der Waals surface area contributed by atoms with Gasteiger partial charge in [0.05, 0.1) is 17.0 Å². The van der Waals surface area contributed by atoms with Gasteiger partial charge in [0.2, 0.25) is 10.0 Å². The summed E-state index contributed by atoms with van der Waals surface area (Å²) in [5, 5.41) is 0. The smallest absolute Gasteiger partial charge is 0.244 e. The molecule has 0 radical (unpaired) electrons. The summed E-state index contributed by atoms with van der Waals surface area (Å²) in [6, 6.07) is 15.4. The molecule has 0 bridgehead atoms. The number of nitrogens with zero attached hydrogens (tertiary/aromatic N) is 1. The van der Waals surface area contributed by atoms with E-state index in [-0.39, 0.29) is 10.9 Å². The summed E-state index contributed by atoms with van der Waals surface area (Å²) >= 11 is 0. The molecule has 0 aromatic heterocycles. The van der Waals surface area contributed by atoms with Crippen LogP contribution >= 0.6 is 0 Å². The largest absolute Gasteiger partial charge is 0.302 e. The number of rotatable bonds is 4. The quantitative estimate of drug-likeness (QED) is 0.810. The summed E-state index contributed by atoms with van der Waals surface area (Å²) in [6.07, 6.45) is 1.95. The molecule has 0 saturated carbocycles. The number of aryl methyl sites for hydroxylation is 1. The van der Waals surface area contributed by atoms with E-state index < -0.39 is 16.1 Å². The van der Waals surface area contributed by atoms with E-state index in [1.165, 1.54) is 4.31 Å². The fourth-order valence-corrected chi connectivity index (χ4v) is 4.91. The van der Waals surface area contributed by atoms with Crippen LogP contribution in [0.1, 0.15) is 30.0 Å². The van der Waals surface area contributed by atoms with Crippen LogP contribution in [0.3, 0.4) is 0 Å². The zero-order valence-electron chi connectivity index (χ0n) is 12.9. The molecule has 2 aromatic rings. The molecular formula is C18H19NO3S. The minimum Gasteiger partial charge on any atom is -0.302 e. The molecule has 1 aliphatic heterocycles. The van der Waals surface area contributed by atoms with Crippen LogP contribution in [0.2, 0.25) is 0 Å². The Labute approximate surface area is 136 Å². The summed E-state index contributed by atoms with van der Waals surface area (Å²) in [7, 11) is -3.71. The summed E-state index contributed by atoms with van der Waals surface area (Å²) in [5.74, 6) is 0. The molecule has 1 saturated heterocycles. The maximum Gasteiger partial charge on any atom is 0.244 e. The minimum absolute atomic E-state index is 0.234. The van der Waals surface area contributed by atoms with Crippen LogP contribution < -0.4 is 0 Å². The molecule has 5 heteroatoms. The number of carbonyl (C=O) groups is 1. The monoisotopic (exact) mass is 329 g/mol. The van der Waals surface area contributed by atoms with Crippen molar-refractivity contribution >= 4 is 16.3 Å². The Balaban J connectivity index is 2.05. The van der Waals surface area contributed by atoms with E-state index in [1.54, 1.807) is 24.3 Å². The SMILES string of the molecule is Cc1ccc(S(=O)(=O)N2C(C=O)CCC2c2ccccc2)cc1. The second-order valence-electron chi connectivity index (χ2n) is 5.86. The predicted molar refractivity (Wildman–Crippen MR) is 88.5 cm³/mol. The fourth-order valence-electron chi connectivity index (χ4n) is 3.11. The normalized spacial score (nSPS) is 22.1. The van der Waals surface area contributed by atoms with Gasteiger partial charge in [-0.3, -0.25) is 0 Å². The zero-order chi connectivity index (χ0) is 16.4. The number of aldehydes is 1. The Hall–Kier alpha value is -1.98. The van der Waals surface area contributed by atoms with Crippen LogP contribution in [-0.4, -0.2) is 25.1 Å². The average molecular weight is 329 g/mol.